The van der Waals surface area contributed by atoms with Crippen LogP contribution in [0.3, 0.4) is 0 Å². The smallest absolute Gasteiger partial charge is 0.323 e. The Labute approximate surface area is 60.4 Å². The SMILES string of the molecule is CC1CCC(C)(C(=O)O)N1. The summed E-state index contributed by atoms with van der Waals surface area (Å²) in [5.74, 6) is -0.739. The topological polar surface area (TPSA) is 49.3 Å². The van der Waals surface area contributed by atoms with Gasteiger partial charge in [0.25, 0.3) is 0 Å². The second-order valence-electron chi connectivity index (χ2n) is 3.22. The van der Waals surface area contributed by atoms with Crippen molar-refractivity contribution in [1.82, 2.24) is 5.32 Å². The van der Waals surface area contributed by atoms with E-state index in [4.69, 9.17) is 5.11 Å². The van der Waals surface area contributed by atoms with Crippen molar-refractivity contribution in [3.05, 3.63) is 0 Å². The molecule has 0 aromatic carbocycles. The van der Waals surface area contributed by atoms with E-state index in [0.29, 0.717) is 6.04 Å². The number of carboxylic acid groups (broad SMARTS) is 1. The third-order valence-electron chi connectivity index (χ3n) is 2.11. The molecule has 1 fully saturated rings. The Balaban J connectivity index is 2.63. The highest BCUT2D eigenvalue weighted by atomic mass is 16.4. The van der Waals surface area contributed by atoms with Gasteiger partial charge in [-0.25, -0.2) is 0 Å². The third kappa shape index (κ3) is 1.14. The fraction of sp³-hybridized carbons (Fsp3) is 0.857. The van der Waals surface area contributed by atoms with Gasteiger partial charge in [0.05, 0.1) is 0 Å². The number of aliphatic carboxylic acids is 1. The van der Waals surface area contributed by atoms with Crippen LogP contribution in [0.2, 0.25) is 0 Å². The summed E-state index contributed by atoms with van der Waals surface area (Å²) in [6, 6.07) is 0.348. The molecule has 3 heteroatoms. The first-order valence-corrected chi connectivity index (χ1v) is 3.56. The normalized spacial score (nSPS) is 40.0. The molecule has 0 aromatic rings. The summed E-state index contributed by atoms with van der Waals surface area (Å²) in [5.41, 5.74) is -0.667. The molecule has 0 radical (unpaired) electrons. The molecule has 2 N–H and O–H groups in total. The minimum Gasteiger partial charge on any atom is -0.480 e. The summed E-state index contributed by atoms with van der Waals surface area (Å²) < 4.78 is 0. The molecule has 1 rings (SSSR count). The highest BCUT2D eigenvalue weighted by Gasteiger charge is 2.38. The van der Waals surface area contributed by atoms with Crippen LogP contribution >= 0.6 is 0 Å². The molecule has 1 saturated heterocycles. The van der Waals surface area contributed by atoms with Crippen LogP contribution in [0.25, 0.3) is 0 Å². The highest BCUT2D eigenvalue weighted by Crippen LogP contribution is 2.22. The molecule has 3 nitrogen and oxygen atoms in total. The van der Waals surface area contributed by atoms with Gasteiger partial charge in [0.15, 0.2) is 0 Å². The molecule has 58 valence electrons. The van der Waals surface area contributed by atoms with E-state index in [0.717, 1.165) is 12.8 Å². The van der Waals surface area contributed by atoms with E-state index in [1.807, 2.05) is 6.92 Å². The Morgan fingerprint density at radius 3 is 2.60 bits per heavy atom. The van der Waals surface area contributed by atoms with E-state index < -0.39 is 11.5 Å². The number of nitrogens with one attached hydrogen (secondary N) is 1. The van der Waals surface area contributed by atoms with Crippen LogP contribution < -0.4 is 5.32 Å². The lowest BCUT2D eigenvalue weighted by Crippen LogP contribution is -2.46. The first kappa shape index (κ1) is 7.54. The molecule has 0 bridgehead atoms. The zero-order chi connectivity index (χ0) is 7.78. The monoisotopic (exact) mass is 143 g/mol. The number of hydrogen-bond donors (Lipinski definition) is 2. The minimum atomic E-state index is -0.739. The van der Waals surface area contributed by atoms with Gasteiger partial charge in [0, 0.05) is 6.04 Å². The van der Waals surface area contributed by atoms with Crippen LogP contribution in [0.1, 0.15) is 26.7 Å². The Kier molecular flexibility index (Phi) is 1.68. The van der Waals surface area contributed by atoms with Crippen molar-refractivity contribution in [2.75, 3.05) is 0 Å². The molecule has 0 aromatic heterocycles. The molecule has 0 aliphatic carbocycles. The fourth-order valence-electron chi connectivity index (χ4n) is 1.36. The van der Waals surface area contributed by atoms with Crippen molar-refractivity contribution in [1.29, 1.82) is 0 Å². The van der Waals surface area contributed by atoms with Gasteiger partial charge < -0.3 is 5.11 Å². The van der Waals surface area contributed by atoms with Gasteiger partial charge in [0.1, 0.15) is 5.54 Å². The molecular weight excluding hydrogens is 130 g/mol. The van der Waals surface area contributed by atoms with Gasteiger partial charge in [-0.05, 0) is 26.7 Å². The molecule has 0 saturated carbocycles. The average molecular weight is 143 g/mol. The lowest BCUT2D eigenvalue weighted by molar-refractivity contribution is -0.143. The van der Waals surface area contributed by atoms with E-state index in [2.05, 4.69) is 5.32 Å². The van der Waals surface area contributed by atoms with Gasteiger partial charge in [-0.3, -0.25) is 10.1 Å². The van der Waals surface area contributed by atoms with E-state index in [1.54, 1.807) is 6.92 Å². The van der Waals surface area contributed by atoms with Gasteiger partial charge in [-0.1, -0.05) is 0 Å². The molecule has 0 spiro atoms. The Hall–Kier alpha value is -0.570. The van der Waals surface area contributed by atoms with Crippen molar-refractivity contribution in [3.63, 3.8) is 0 Å². The number of hydrogen-bond acceptors (Lipinski definition) is 2. The fourth-order valence-corrected chi connectivity index (χ4v) is 1.36. The first-order valence-electron chi connectivity index (χ1n) is 3.56. The molecule has 1 aliphatic heterocycles. The van der Waals surface area contributed by atoms with E-state index in [9.17, 15) is 4.79 Å². The van der Waals surface area contributed by atoms with Crippen LogP contribution in [0.5, 0.6) is 0 Å². The quantitative estimate of drug-likeness (QED) is 0.565. The van der Waals surface area contributed by atoms with Crippen molar-refractivity contribution in [2.45, 2.75) is 38.3 Å². The van der Waals surface area contributed by atoms with Crippen LogP contribution in [-0.4, -0.2) is 22.7 Å². The van der Waals surface area contributed by atoms with Crippen molar-refractivity contribution in [2.24, 2.45) is 0 Å². The molecule has 2 unspecified atom stereocenters. The summed E-state index contributed by atoms with van der Waals surface area (Å²) in [5, 5.41) is 11.8. The maximum Gasteiger partial charge on any atom is 0.323 e. The van der Waals surface area contributed by atoms with E-state index >= 15 is 0 Å². The summed E-state index contributed by atoms with van der Waals surface area (Å²) in [7, 11) is 0. The number of rotatable bonds is 1. The summed E-state index contributed by atoms with van der Waals surface area (Å²) >= 11 is 0. The lowest BCUT2D eigenvalue weighted by atomic mass is 10.0. The Morgan fingerprint density at radius 2 is 2.40 bits per heavy atom. The van der Waals surface area contributed by atoms with Crippen molar-refractivity contribution < 1.29 is 9.90 Å². The van der Waals surface area contributed by atoms with Crippen molar-refractivity contribution >= 4 is 5.97 Å². The predicted molar refractivity (Wildman–Crippen MR) is 37.9 cm³/mol. The molecule has 2 atom stereocenters. The number of carboxylic acids is 1. The van der Waals surface area contributed by atoms with Crippen LogP contribution in [-0.2, 0) is 4.79 Å². The highest BCUT2D eigenvalue weighted by molar-refractivity contribution is 5.78. The third-order valence-corrected chi connectivity index (χ3v) is 2.11. The van der Waals surface area contributed by atoms with Crippen LogP contribution in [0.4, 0.5) is 0 Å². The van der Waals surface area contributed by atoms with Gasteiger partial charge in [-0.15, -0.1) is 0 Å². The van der Waals surface area contributed by atoms with E-state index in [-0.39, 0.29) is 0 Å². The van der Waals surface area contributed by atoms with Crippen LogP contribution in [0.15, 0.2) is 0 Å². The zero-order valence-electron chi connectivity index (χ0n) is 6.35. The second kappa shape index (κ2) is 2.23. The maximum atomic E-state index is 10.6. The van der Waals surface area contributed by atoms with Crippen molar-refractivity contribution in [3.8, 4) is 0 Å². The second-order valence-corrected chi connectivity index (χ2v) is 3.22. The molecule has 1 aliphatic rings. The van der Waals surface area contributed by atoms with Gasteiger partial charge >= 0.3 is 5.97 Å². The average Bonchev–Trinajstić information content (AvgIpc) is 2.13. The summed E-state index contributed by atoms with van der Waals surface area (Å²) in [6.45, 7) is 3.74. The Morgan fingerprint density at radius 1 is 1.80 bits per heavy atom. The maximum absolute atomic E-state index is 10.6. The summed E-state index contributed by atoms with van der Waals surface area (Å²) in [6.07, 6.45) is 1.70. The minimum absolute atomic E-state index is 0.348. The molecule has 10 heavy (non-hydrogen) atoms. The predicted octanol–water partition coefficient (Wildman–Crippen LogP) is 0.602. The standard InChI is InChI=1S/C7H13NO2/c1-5-3-4-7(2,8-5)6(9)10/h5,8H,3-4H2,1-2H3,(H,9,10). The molecule has 0 amide bonds. The van der Waals surface area contributed by atoms with Gasteiger partial charge in [0.2, 0.25) is 0 Å². The lowest BCUT2D eigenvalue weighted by Gasteiger charge is -2.18. The largest absolute Gasteiger partial charge is 0.480 e. The number of carbonyl (C=O) groups is 1. The van der Waals surface area contributed by atoms with Crippen LogP contribution in [0, 0.1) is 0 Å². The Bertz CT molecular complexity index is 158. The molecule has 1 heterocycles. The first-order chi connectivity index (χ1) is 4.54. The van der Waals surface area contributed by atoms with E-state index in [1.165, 1.54) is 0 Å². The zero-order valence-corrected chi connectivity index (χ0v) is 6.35. The molecular formula is C7H13NO2. The van der Waals surface area contributed by atoms with Gasteiger partial charge in [-0.2, -0.15) is 0 Å². The summed E-state index contributed by atoms with van der Waals surface area (Å²) in [4.78, 5) is 10.6.